The molecule has 0 heterocycles. The van der Waals surface area contributed by atoms with E-state index in [1.54, 1.807) is 36.4 Å². The van der Waals surface area contributed by atoms with Crippen molar-refractivity contribution in [2.24, 2.45) is 0 Å². The molecule has 0 saturated carbocycles. The third-order valence-electron chi connectivity index (χ3n) is 3.62. The van der Waals surface area contributed by atoms with Gasteiger partial charge in [-0.25, -0.2) is 8.42 Å². The summed E-state index contributed by atoms with van der Waals surface area (Å²) in [5, 5.41) is 3.16. The van der Waals surface area contributed by atoms with E-state index >= 15 is 0 Å². The number of amides is 1. The number of anilines is 1. The maximum absolute atomic E-state index is 12.6. The molecule has 2 aromatic carbocycles. The minimum Gasteiger partial charge on any atom is -0.350 e. The molecule has 0 fully saturated rings. The van der Waals surface area contributed by atoms with Crippen molar-refractivity contribution in [2.45, 2.75) is 37.6 Å². The van der Waals surface area contributed by atoms with Gasteiger partial charge < -0.3 is 5.32 Å². The van der Waals surface area contributed by atoms with Gasteiger partial charge in [-0.15, -0.1) is 0 Å². The van der Waals surface area contributed by atoms with E-state index in [4.69, 9.17) is 11.6 Å². The van der Waals surface area contributed by atoms with Crippen molar-refractivity contribution >= 4 is 33.2 Å². The van der Waals surface area contributed by atoms with Crippen LogP contribution in [-0.4, -0.2) is 20.4 Å². The van der Waals surface area contributed by atoms with E-state index in [-0.39, 0.29) is 22.5 Å². The van der Waals surface area contributed by atoms with Crippen molar-refractivity contribution in [1.82, 2.24) is 5.32 Å². The van der Waals surface area contributed by atoms with E-state index in [1.807, 2.05) is 13.8 Å². The fraction of sp³-hybridized carbons (Fsp3) is 0.278. The normalized spacial score (nSPS) is 12.4. The average molecular weight is 381 g/mol. The second-order valence-electron chi connectivity index (χ2n) is 5.78. The molecule has 0 aliphatic heterocycles. The Morgan fingerprint density at radius 1 is 1.16 bits per heavy atom. The minimum atomic E-state index is -3.84. The van der Waals surface area contributed by atoms with E-state index in [1.165, 1.54) is 12.1 Å². The molecular weight excluding hydrogens is 360 g/mol. The zero-order chi connectivity index (χ0) is 18.4. The second-order valence-corrected chi connectivity index (χ2v) is 7.87. The number of para-hydroxylation sites is 1. The van der Waals surface area contributed by atoms with Crippen LogP contribution in [0.2, 0.25) is 5.02 Å². The SMILES string of the molecule is CCCC(C)NC(=O)c1cccc(S(=O)(=O)Nc2ccccc2Cl)c1. The molecular formula is C18H21ClN2O3S. The Balaban J connectivity index is 2.22. The standard InChI is InChI=1S/C18H21ClN2O3S/c1-3-7-13(2)20-18(22)14-8-6-9-15(12-14)25(23,24)21-17-11-5-4-10-16(17)19/h4-6,8-13,21H,3,7H2,1-2H3,(H,20,22). The number of carbonyl (C=O) groups excluding carboxylic acids is 1. The highest BCUT2D eigenvalue weighted by molar-refractivity contribution is 7.92. The first-order valence-electron chi connectivity index (χ1n) is 8.01. The first kappa shape index (κ1) is 19.3. The summed E-state index contributed by atoms with van der Waals surface area (Å²) in [6.07, 6.45) is 1.81. The van der Waals surface area contributed by atoms with Crippen LogP contribution in [-0.2, 0) is 10.0 Å². The fourth-order valence-corrected chi connectivity index (χ4v) is 3.73. The van der Waals surface area contributed by atoms with Crippen LogP contribution in [0.4, 0.5) is 5.69 Å². The average Bonchev–Trinajstić information content (AvgIpc) is 2.57. The Labute approximate surface area is 153 Å². The molecule has 2 N–H and O–H groups in total. The summed E-state index contributed by atoms with van der Waals surface area (Å²) in [5.74, 6) is -0.296. The highest BCUT2D eigenvalue weighted by Crippen LogP contribution is 2.24. The maximum atomic E-state index is 12.6. The molecule has 0 spiro atoms. The monoisotopic (exact) mass is 380 g/mol. The van der Waals surface area contributed by atoms with Gasteiger partial charge in [-0.05, 0) is 43.7 Å². The summed E-state index contributed by atoms with van der Waals surface area (Å²) in [4.78, 5) is 12.3. The van der Waals surface area contributed by atoms with Gasteiger partial charge in [0, 0.05) is 11.6 Å². The Bertz CT molecular complexity index is 853. The quantitative estimate of drug-likeness (QED) is 0.760. The molecule has 134 valence electrons. The van der Waals surface area contributed by atoms with Gasteiger partial charge in [0.25, 0.3) is 15.9 Å². The summed E-state index contributed by atoms with van der Waals surface area (Å²) in [6.45, 7) is 3.96. The molecule has 0 aliphatic carbocycles. The Morgan fingerprint density at radius 2 is 1.88 bits per heavy atom. The van der Waals surface area contributed by atoms with Crippen LogP contribution >= 0.6 is 11.6 Å². The maximum Gasteiger partial charge on any atom is 0.261 e. The number of halogens is 1. The van der Waals surface area contributed by atoms with Crippen molar-refractivity contribution in [3.8, 4) is 0 Å². The number of hydrogen-bond acceptors (Lipinski definition) is 3. The van der Waals surface area contributed by atoms with E-state index in [0.717, 1.165) is 12.8 Å². The van der Waals surface area contributed by atoms with Gasteiger partial charge in [-0.1, -0.05) is 43.1 Å². The lowest BCUT2D eigenvalue weighted by atomic mass is 10.1. The first-order valence-corrected chi connectivity index (χ1v) is 9.88. The van der Waals surface area contributed by atoms with E-state index in [9.17, 15) is 13.2 Å². The number of rotatable bonds is 7. The van der Waals surface area contributed by atoms with Gasteiger partial charge in [-0.2, -0.15) is 0 Å². The summed E-state index contributed by atoms with van der Waals surface area (Å²) >= 11 is 6.00. The third-order valence-corrected chi connectivity index (χ3v) is 5.32. The Morgan fingerprint density at radius 3 is 2.56 bits per heavy atom. The van der Waals surface area contributed by atoms with Crippen molar-refractivity contribution in [3.05, 3.63) is 59.1 Å². The van der Waals surface area contributed by atoms with Crippen molar-refractivity contribution < 1.29 is 13.2 Å². The third kappa shape index (κ3) is 5.21. The topological polar surface area (TPSA) is 75.3 Å². The first-order chi connectivity index (χ1) is 11.8. The van der Waals surface area contributed by atoms with E-state index < -0.39 is 10.0 Å². The van der Waals surface area contributed by atoms with E-state index in [0.29, 0.717) is 10.6 Å². The fourth-order valence-electron chi connectivity index (χ4n) is 2.36. The van der Waals surface area contributed by atoms with Crippen LogP contribution in [0.15, 0.2) is 53.4 Å². The van der Waals surface area contributed by atoms with Crippen molar-refractivity contribution in [2.75, 3.05) is 4.72 Å². The molecule has 1 atom stereocenters. The van der Waals surface area contributed by atoms with Gasteiger partial charge in [0.1, 0.15) is 0 Å². The van der Waals surface area contributed by atoms with Gasteiger partial charge in [0.15, 0.2) is 0 Å². The smallest absolute Gasteiger partial charge is 0.261 e. The van der Waals surface area contributed by atoms with Crippen LogP contribution in [0, 0.1) is 0 Å². The van der Waals surface area contributed by atoms with Crippen molar-refractivity contribution in [1.29, 1.82) is 0 Å². The number of hydrogen-bond donors (Lipinski definition) is 2. The van der Waals surface area contributed by atoms with Gasteiger partial charge in [0.2, 0.25) is 0 Å². The summed E-state index contributed by atoms with van der Waals surface area (Å²) < 4.78 is 27.5. The molecule has 0 bridgehead atoms. The molecule has 0 aromatic heterocycles. The molecule has 2 rings (SSSR count). The molecule has 0 aliphatic rings. The molecule has 0 radical (unpaired) electrons. The lowest BCUT2D eigenvalue weighted by Gasteiger charge is -2.14. The summed E-state index contributed by atoms with van der Waals surface area (Å²) in [6, 6.07) is 12.5. The van der Waals surface area contributed by atoms with Crippen LogP contribution in [0.1, 0.15) is 37.0 Å². The van der Waals surface area contributed by atoms with Crippen LogP contribution in [0.5, 0.6) is 0 Å². The zero-order valence-electron chi connectivity index (χ0n) is 14.1. The van der Waals surface area contributed by atoms with Crippen molar-refractivity contribution in [3.63, 3.8) is 0 Å². The predicted molar refractivity (Wildman–Crippen MR) is 101 cm³/mol. The van der Waals surface area contributed by atoms with E-state index in [2.05, 4.69) is 10.0 Å². The Kier molecular flexibility index (Phi) is 6.45. The van der Waals surface area contributed by atoms with Crippen LogP contribution in [0.3, 0.4) is 0 Å². The second kappa shape index (κ2) is 8.36. The molecule has 2 aromatic rings. The number of nitrogens with one attached hydrogen (secondary N) is 2. The lowest BCUT2D eigenvalue weighted by Crippen LogP contribution is -2.32. The largest absolute Gasteiger partial charge is 0.350 e. The number of sulfonamides is 1. The highest BCUT2D eigenvalue weighted by Gasteiger charge is 2.18. The van der Waals surface area contributed by atoms with Gasteiger partial charge in [0.05, 0.1) is 15.6 Å². The lowest BCUT2D eigenvalue weighted by molar-refractivity contribution is 0.0938. The highest BCUT2D eigenvalue weighted by atomic mass is 35.5. The summed E-state index contributed by atoms with van der Waals surface area (Å²) in [7, 11) is -3.84. The molecule has 25 heavy (non-hydrogen) atoms. The summed E-state index contributed by atoms with van der Waals surface area (Å²) in [5.41, 5.74) is 0.584. The minimum absolute atomic E-state index is 0.00298. The molecule has 0 saturated heterocycles. The van der Waals surface area contributed by atoms with Gasteiger partial charge >= 0.3 is 0 Å². The zero-order valence-corrected chi connectivity index (χ0v) is 15.7. The predicted octanol–water partition coefficient (Wildman–Crippen LogP) is 4.06. The van der Waals surface area contributed by atoms with Crippen LogP contribution in [0.25, 0.3) is 0 Å². The van der Waals surface area contributed by atoms with Crippen LogP contribution < -0.4 is 10.0 Å². The molecule has 5 nitrogen and oxygen atoms in total. The molecule has 1 amide bonds. The Hall–Kier alpha value is -2.05. The van der Waals surface area contributed by atoms with Gasteiger partial charge in [-0.3, -0.25) is 9.52 Å². The number of benzene rings is 2. The number of carbonyl (C=O) groups is 1. The molecule has 1 unspecified atom stereocenters. The molecule has 7 heteroatoms.